The maximum Gasteiger partial charge on any atom is 0.0181 e. The number of likely N-dealkylation sites (N-methyl/N-ethyl adjacent to an activating group) is 1. The lowest BCUT2D eigenvalue weighted by atomic mass is 10.3. The summed E-state index contributed by atoms with van der Waals surface area (Å²) in [6.07, 6.45) is 0. The Balaban J connectivity index is 0. The van der Waals surface area contributed by atoms with E-state index in [0.717, 1.165) is 6.54 Å². The van der Waals surface area contributed by atoms with Crippen molar-refractivity contribution in [2.24, 2.45) is 5.73 Å². The Morgan fingerprint density at radius 2 is 1.78 bits per heavy atom. The number of rotatable bonds is 2. The second-order valence-electron chi connectivity index (χ2n) is 2.19. The second kappa shape index (κ2) is 7.66. The normalized spacial score (nSPS) is 8.22. The molecule has 0 aromatic heterocycles. The lowest BCUT2D eigenvalue weighted by Crippen LogP contribution is -2.12. The summed E-state index contributed by atoms with van der Waals surface area (Å²) in [4.78, 5) is 2.10. The summed E-state index contributed by atoms with van der Waals surface area (Å²) in [5.41, 5.74) is 5.71. The number of hydrogen-bond acceptors (Lipinski definition) is 2. The lowest BCUT2D eigenvalue weighted by molar-refractivity contribution is 0.446. The van der Waals surface area contributed by atoms with E-state index in [1.165, 1.54) is 12.6 Å². The van der Waals surface area contributed by atoms with Crippen LogP contribution < -0.4 is 5.73 Å². The molecule has 0 aliphatic rings. The van der Waals surface area contributed by atoms with Crippen molar-refractivity contribution in [3.63, 3.8) is 0 Å². The number of nitrogens with zero attached hydrogens (tertiary/aromatic N) is 1. The number of nitrogens with two attached hydrogens (primary N) is 1. The van der Waals surface area contributed by atoms with Gasteiger partial charge in [0.2, 0.25) is 0 Å². The third kappa shape index (κ3) is 18.3. The van der Waals surface area contributed by atoms with Gasteiger partial charge >= 0.3 is 0 Å². The first-order valence-electron chi connectivity index (χ1n) is 3.00. The fourth-order valence-electron chi connectivity index (χ4n) is 0.540. The van der Waals surface area contributed by atoms with E-state index in [0.29, 0.717) is 0 Å². The first-order valence-corrected chi connectivity index (χ1v) is 3.00. The van der Waals surface area contributed by atoms with Gasteiger partial charge in [0.15, 0.2) is 0 Å². The zero-order chi connectivity index (χ0) is 7.86. The molecular formula is C7H18N2. The van der Waals surface area contributed by atoms with Gasteiger partial charge in [0, 0.05) is 6.54 Å². The van der Waals surface area contributed by atoms with Gasteiger partial charge in [0.05, 0.1) is 0 Å². The summed E-state index contributed by atoms with van der Waals surface area (Å²) in [6.45, 7) is 6.78. The van der Waals surface area contributed by atoms with E-state index in [9.17, 15) is 0 Å². The van der Waals surface area contributed by atoms with Crippen molar-refractivity contribution in [2.75, 3.05) is 27.7 Å². The zero-order valence-corrected chi connectivity index (χ0v) is 6.94. The van der Waals surface area contributed by atoms with Gasteiger partial charge in [0.25, 0.3) is 0 Å². The predicted octanol–water partition coefficient (Wildman–Crippen LogP) is 0.699. The van der Waals surface area contributed by atoms with Crippen molar-refractivity contribution in [3.05, 3.63) is 12.2 Å². The first kappa shape index (κ1) is 11.5. The van der Waals surface area contributed by atoms with Gasteiger partial charge in [0.1, 0.15) is 0 Å². The molecule has 0 aliphatic heterocycles. The summed E-state index contributed by atoms with van der Waals surface area (Å²) in [5, 5.41) is 0. The van der Waals surface area contributed by atoms with Crippen molar-refractivity contribution < 1.29 is 0 Å². The van der Waals surface area contributed by atoms with E-state index in [-0.39, 0.29) is 0 Å². The molecule has 9 heavy (non-hydrogen) atoms. The molecule has 0 atom stereocenters. The molecule has 0 aromatic carbocycles. The Kier molecular flexibility index (Phi) is 9.75. The average molecular weight is 130 g/mol. The van der Waals surface area contributed by atoms with Crippen LogP contribution in [0, 0.1) is 0 Å². The molecule has 2 nitrogen and oxygen atoms in total. The molecular weight excluding hydrogens is 112 g/mol. The molecule has 0 amide bonds. The zero-order valence-electron chi connectivity index (χ0n) is 6.94. The predicted molar refractivity (Wildman–Crippen MR) is 43.5 cm³/mol. The summed E-state index contributed by atoms with van der Waals surface area (Å²) >= 11 is 0. The fraction of sp³-hybridized carbons (Fsp3) is 0.714. The van der Waals surface area contributed by atoms with Gasteiger partial charge in [-0.2, -0.15) is 0 Å². The molecule has 0 unspecified atom stereocenters. The minimum Gasteiger partial charge on any atom is -0.333 e. The Labute approximate surface area is 58.3 Å². The summed E-state index contributed by atoms with van der Waals surface area (Å²) in [7, 11) is 5.57. The van der Waals surface area contributed by atoms with E-state index in [4.69, 9.17) is 0 Å². The summed E-state index contributed by atoms with van der Waals surface area (Å²) in [6, 6.07) is 0. The van der Waals surface area contributed by atoms with Crippen LogP contribution >= 0.6 is 0 Å². The average Bonchev–Trinajstić information content (AvgIpc) is 1.68. The highest BCUT2D eigenvalue weighted by Crippen LogP contribution is 1.86. The van der Waals surface area contributed by atoms with Crippen molar-refractivity contribution >= 4 is 0 Å². The van der Waals surface area contributed by atoms with Crippen molar-refractivity contribution in [2.45, 2.75) is 6.92 Å². The maximum atomic E-state index is 4.50. The molecule has 0 saturated carbocycles. The minimum atomic E-state index is 1.00. The lowest BCUT2D eigenvalue weighted by Gasteiger charge is -2.06. The summed E-state index contributed by atoms with van der Waals surface area (Å²) in [5.74, 6) is 0. The van der Waals surface area contributed by atoms with E-state index in [1.807, 2.05) is 21.0 Å². The maximum absolute atomic E-state index is 4.50. The molecule has 0 aliphatic carbocycles. The quantitative estimate of drug-likeness (QED) is 0.557. The van der Waals surface area contributed by atoms with E-state index in [2.05, 4.69) is 17.2 Å². The Morgan fingerprint density at radius 3 is 1.78 bits per heavy atom. The third-order valence-electron chi connectivity index (χ3n) is 0.586. The van der Waals surface area contributed by atoms with Crippen LogP contribution in [-0.4, -0.2) is 32.6 Å². The Bertz CT molecular complexity index is 67.3. The van der Waals surface area contributed by atoms with Crippen molar-refractivity contribution in [1.29, 1.82) is 0 Å². The van der Waals surface area contributed by atoms with Gasteiger partial charge in [-0.1, -0.05) is 12.2 Å². The highest BCUT2D eigenvalue weighted by Gasteiger charge is 1.85. The number of hydrogen-bond donors (Lipinski definition) is 1. The molecule has 2 heteroatoms. The summed E-state index contributed by atoms with van der Waals surface area (Å²) < 4.78 is 0. The molecule has 2 N–H and O–H groups in total. The molecule has 0 fully saturated rings. The molecule has 0 radical (unpaired) electrons. The van der Waals surface area contributed by atoms with E-state index in [1.54, 1.807) is 0 Å². The van der Waals surface area contributed by atoms with Crippen molar-refractivity contribution in [1.82, 2.24) is 4.90 Å². The van der Waals surface area contributed by atoms with Crippen LogP contribution in [0.15, 0.2) is 12.2 Å². The minimum absolute atomic E-state index is 1.00. The molecule has 0 saturated heterocycles. The molecule has 0 heterocycles. The second-order valence-corrected chi connectivity index (χ2v) is 2.19. The van der Waals surface area contributed by atoms with Gasteiger partial charge < -0.3 is 10.6 Å². The first-order chi connectivity index (χ1) is 4.13. The Hall–Kier alpha value is -0.340. The molecule has 56 valence electrons. The van der Waals surface area contributed by atoms with Crippen LogP contribution in [0.5, 0.6) is 0 Å². The van der Waals surface area contributed by atoms with E-state index >= 15 is 0 Å². The highest BCUT2D eigenvalue weighted by atomic mass is 15.0. The van der Waals surface area contributed by atoms with Crippen LogP contribution in [0.3, 0.4) is 0 Å². The van der Waals surface area contributed by atoms with Crippen LogP contribution in [0.1, 0.15) is 6.92 Å². The molecule has 0 aromatic rings. The molecule has 0 bridgehead atoms. The standard InChI is InChI=1S/C6H13N.CH5N/c1-6(2)5-7(3)4;1-2/h1,5H2,2-4H3;2H2,1H3. The highest BCUT2D eigenvalue weighted by molar-refractivity contribution is 4.90. The van der Waals surface area contributed by atoms with Crippen LogP contribution in [0.4, 0.5) is 0 Å². The molecule has 0 spiro atoms. The van der Waals surface area contributed by atoms with Gasteiger partial charge in [-0.15, -0.1) is 0 Å². The topological polar surface area (TPSA) is 29.3 Å². The monoisotopic (exact) mass is 130 g/mol. The Morgan fingerprint density at radius 1 is 1.44 bits per heavy atom. The van der Waals surface area contributed by atoms with Crippen molar-refractivity contribution in [3.8, 4) is 0 Å². The smallest absolute Gasteiger partial charge is 0.0181 e. The van der Waals surface area contributed by atoms with Crippen LogP contribution in [-0.2, 0) is 0 Å². The van der Waals surface area contributed by atoms with Crippen LogP contribution in [0.2, 0.25) is 0 Å². The molecule has 0 rings (SSSR count). The van der Waals surface area contributed by atoms with Gasteiger partial charge in [-0.3, -0.25) is 0 Å². The van der Waals surface area contributed by atoms with Gasteiger partial charge in [-0.05, 0) is 28.1 Å². The fourth-order valence-corrected chi connectivity index (χ4v) is 0.540. The van der Waals surface area contributed by atoms with E-state index < -0.39 is 0 Å². The van der Waals surface area contributed by atoms with Crippen LogP contribution in [0.25, 0.3) is 0 Å². The largest absolute Gasteiger partial charge is 0.333 e. The third-order valence-corrected chi connectivity index (χ3v) is 0.586. The SMILES string of the molecule is C=C(C)CN(C)C.CN. The van der Waals surface area contributed by atoms with Gasteiger partial charge in [-0.25, -0.2) is 0 Å².